The van der Waals surface area contributed by atoms with Gasteiger partial charge in [-0.1, -0.05) is 152 Å². The molecule has 1 fully saturated rings. The summed E-state index contributed by atoms with van der Waals surface area (Å²) in [7, 11) is -5.07. The Balaban J connectivity index is 2.43. The van der Waals surface area contributed by atoms with Gasteiger partial charge in [-0.05, 0) is 77.0 Å². The molecule has 6 atom stereocenters. The van der Waals surface area contributed by atoms with Gasteiger partial charge in [-0.15, -0.1) is 0 Å². The summed E-state index contributed by atoms with van der Waals surface area (Å²) in [6.45, 7) is 3.81. The van der Waals surface area contributed by atoms with Crippen LogP contribution < -0.4 is 0 Å². The first-order valence-electron chi connectivity index (χ1n) is 23.5. The molecule has 13 heteroatoms. The van der Waals surface area contributed by atoms with E-state index < -0.39 is 59.8 Å². The zero-order chi connectivity index (χ0) is 44.7. The fourth-order valence-corrected chi connectivity index (χ4v) is 7.34. The number of hydrogen-bond donors (Lipinski definition) is 4. The van der Waals surface area contributed by atoms with E-state index in [0.29, 0.717) is 13.0 Å². The average Bonchev–Trinajstić information content (AvgIpc) is 3.23. The standard InChI is InChI=1S/C48H84O12S/c1-3-5-7-9-11-13-15-17-19-20-21-22-24-26-28-30-32-34-36-38-56-40-42(41-57-48-46(52)47(60-61(53,54)55)45(51)43(39-49)59-48)58-44(50)37-35-33-31-29-27-25-23-18-16-14-12-10-8-6-4-2/h6,8,12,14,18-20,23,27,29,42-43,45-49,51-52H,3-5,7,9-11,13,15-17,21-22,24-26,28,30-41H2,1-2H3,(H,53,54,55)/b8-6-,14-12-,20-19-,23-18-,29-27-. The molecule has 0 radical (unpaired) electrons. The van der Waals surface area contributed by atoms with Gasteiger partial charge in [-0.3, -0.25) is 9.35 Å². The van der Waals surface area contributed by atoms with Crippen molar-refractivity contribution in [2.45, 2.75) is 211 Å². The van der Waals surface area contributed by atoms with E-state index in [9.17, 15) is 28.5 Å². The van der Waals surface area contributed by atoms with Crippen molar-refractivity contribution in [1.82, 2.24) is 0 Å². The molecule has 61 heavy (non-hydrogen) atoms. The average molecular weight is 885 g/mol. The number of allylic oxidation sites excluding steroid dienone is 10. The molecule has 0 aliphatic carbocycles. The molecule has 354 valence electrons. The van der Waals surface area contributed by atoms with Crippen LogP contribution in [0, 0.1) is 0 Å². The van der Waals surface area contributed by atoms with Crippen molar-refractivity contribution in [3.8, 4) is 0 Å². The van der Waals surface area contributed by atoms with Crippen LogP contribution in [0.2, 0.25) is 0 Å². The number of hydrogen-bond acceptors (Lipinski definition) is 11. The summed E-state index contributed by atoms with van der Waals surface area (Å²) < 4.78 is 59.0. The summed E-state index contributed by atoms with van der Waals surface area (Å²) in [5.74, 6) is -0.441. The zero-order valence-electron chi connectivity index (χ0n) is 37.7. The zero-order valence-corrected chi connectivity index (χ0v) is 38.5. The lowest BCUT2D eigenvalue weighted by atomic mass is 9.99. The monoisotopic (exact) mass is 885 g/mol. The lowest BCUT2D eigenvalue weighted by Crippen LogP contribution is -2.60. The highest BCUT2D eigenvalue weighted by molar-refractivity contribution is 7.80. The van der Waals surface area contributed by atoms with Crippen LogP contribution in [0.1, 0.15) is 174 Å². The lowest BCUT2D eigenvalue weighted by Gasteiger charge is -2.41. The van der Waals surface area contributed by atoms with E-state index in [2.05, 4.69) is 78.8 Å². The van der Waals surface area contributed by atoms with Gasteiger partial charge in [0.1, 0.15) is 30.5 Å². The number of rotatable bonds is 40. The molecule has 12 nitrogen and oxygen atoms in total. The molecular weight excluding hydrogens is 801 g/mol. The summed E-state index contributed by atoms with van der Waals surface area (Å²) in [4.78, 5) is 12.8. The highest BCUT2D eigenvalue weighted by Gasteiger charge is 2.48. The van der Waals surface area contributed by atoms with Crippen molar-refractivity contribution in [2.75, 3.05) is 26.4 Å². The van der Waals surface area contributed by atoms with Crippen LogP contribution in [-0.2, 0) is 38.3 Å². The van der Waals surface area contributed by atoms with E-state index in [1.54, 1.807) is 0 Å². The summed E-state index contributed by atoms with van der Waals surface area (Å²) in [5, 5.41) is 30.7. The van der Waals surface area contributed by atoms with Crippen molar-refractivity contribution in [3.63, 3.8) is 0 Å². The van der Waals surface area contributed by atoms with Crippen molar-refractivity contribution in [3.05, 3.63) is 60.8 Å². The molecule has 1 rings (SSSR count). The van der Waals surface area contributed by atoms with Crippen molar-refractivity contribution in [1.29, 1.82) is 0 Å². The number of esters is 1. The van der Waals surface area contributed by atoms with Crippen LogP contribution in [0.5, 0.6) is 0 Å². The molecule has 1 heterocycles. The molecule has 0 amide bonds. The highest BCUT2D eigenvalue weighted by atomic mass is 32.3. The number of carbonyl (C=O) groups excluding carboxylic acids is 1. The predicted octanol–water partition coefficient (Wildman–Crippen LogP) is 10.1. The third-order valence-electron chi connectivity index (χ3n) is 10.4. The maximum absolute atomic E-state index is 12.8. The second kappa shape index (κ2) is 39.4. The summed E-state index contributed by atoms with van der Waals surface area (Å²) in [6, 6.07) is 0. The molecule has 0 spiro atoms. The quantitative estimate of drug-likeness (QED) is 0.0198. The Labute approximate surface area is 369 Å². The van der Waals surface area contributed by atoms with Crippen LogP contribution in [0.25, 0.3) is 0 Å². The van der Waals surface area contributed by atoms with E-state index in [1.807, 2.05) is 0 Å². The van der Waals surface area contributed by atoms with Crippen molar-refractivity contribution < 1.29 is 56.2 Å². The van der Waals surface area contributed by atoms with Gasteiger partial charge in [0.25, 0.3) is 0 Å². The fraction of sp³-hybridized carbons (Fsp3) is 0.771. The Kier molecular flexibility index (Phi) is 36.7. The van der Waals surface area contributed by atoms with Gasteiger partial charge in [0, 0.05) is 13.0 Å². The topological polar surface area (TPSA) is 178 Å². The molecule has 1 aliphatic heterocycles. The van der Waals surface area contributed by atoms with Gasteiger partial charge < -0.3 is 34.3 Å². The van der Waals surface area contributed by atoms with Crippen LogP contribution in [0.15, 0.2) is 60.8 Å². The normalized spacial score (nSPS) is 20.7. The first kappa shape index (κ1) is 56.8. The van der Waals surface area contributed by atoms with Crippen LogP contribution in [0.4, 0.5) is 0 Å². The molecule has 0 bridgehead atoms. The molecule has 0 aromatic rings. The summed E-state index contributed by atoms with van der Waals surface area (Å²) in [6.07, 6.45) is 39.7. The van der Waals surface area contributed by atoms with Gasteiger partial charge in [0.15, 0.2) is 6.29 Å². The molecular formula is C48H84O12S. The van der Waals surface area contributed by atoms with E-state index in [-0.39, 0.29) is 19.6 Å². The number of carbonyl (C=O) groups is 1. The van der Waals surface area contributed by atoms with Gasteiger partial charge in [0.2, 0.25) is 0 Å². The molecule has 4 N–H and O–H groups in total. The van der Waals surface area contributed by atoms with Crippen LogP contribution in [0.3, 0.4) is 0 Å². The third kappa shape index (κ3) is 33.0. The highest BCUT2D eigenvalue weighted by Crippen LogP contribution is 2.26. The first-order chi connectivity index (χ1) is 29.6. The Morgan fingerprint density at radius 3 is 1.67 bits per heavy atom. The number of ether oxygens (including phenoxy) is 4. The van der Waals surface area contributed by atoms with E-state index in [0.717, 1.165) is 57.8 Å². The molecule has 1 aliphatic rings. The SMILES string of the molecule is CC/C=C\C/C=C\C/C=C\C/C=C\CCCCC(=O)OC(COCCCCCCCCCC/C=C\CCCCCCCCC)COC1OC(CO)C(O)C(OS(=O)(=O)O)C1O. The Bertz CT molecular complexity index is 1300. The van der Waals surface area contributed by atoms with Crippen LogP contribution >= 0.6 is 0 Å². The maximum atomic E-state index is 12.8. The lowest BCUT2D eigenvalue weighted by molar-refractivity contribution is -0.301. The first-order valence-corrected chi connectivity index (χ1v) is 24.9. The number of aliphatic hydroxyl groups excluding tert-OH is 3. The number of unbranched alkanes of at least 4 members (excludes halogenated alkanes) is 17. The molecule has 6 unspecified atom stereocenters. The Morgan fingerprint density at radius 2 is 1.13 bits per heavy atom. The minimum Gasteiger partial charge on any atom is -0.457 e. The third-order valence-corrected chi connectivity index (χ3v) is 10.8. The summed E-state index contributed by atoms with van der Waals surface area (Å²) in [5.41, 5.74) is 0. The Hall–Kier alpha value is -2.20. The van der Waals surface area contributed by atoms with Crippen LogP contribution in [-0.4, -0.2) is 97.5 Å². The number of aliphatic hydroxyl groups is 3. The van der Waals surface area contributed by atoms with E-state index in [1.165, 1.54) is 89.9 Å². The van der Waals surface area contributed by atoms with Gasteiger partial charge in [-0.2, -0.15) is 8.42 Å². The van der Waals surface area contributed by atoms with Crippen molar-refractivity contribution >= 4 is 16.4 Å². The molecule has 1 saturated heterocycles. The predicted molar refractivity (Wildman–Crippen MR) is 243 cm³/mol. The molecule has 0 saturated carbocycles. The summed E-state index contributed by atoms with van der Waals surface area (Å²) >= 11 is 0. The Morgan fingerprint density at radius 1 is 0.639 bits per heavy atom. The minimum absolute atomic E-state index is 0.0149. The molecule has 0 aromatic carbocycles. The maximum Gasteiger partial charge on any atom is 0.397 e. The second-order valence-electron chi connectivity index (χ2n) is 16.0. The minimum atomic E-state index is -5.07. The smallest absolute Gasteiger partial charge is 0.397 e. The second-order valence-corrected chi connectivity index (χ2v) is 17.0. The van der Waals surface area contributed by atoms with E-state index in [4.69, 9.17) is 23.5 Å². The van der Waals surface area contributed by atoms with Gasteiger partial charge >= 0.3 is 16.4 Å². The van der Waals surface area contributed by atoms with Crippen molar-refractivity contribution in [2.24, 2.45) is 0 Å². The molecule has 0 aromatic heterocycles. The fourth-order valence-electron chi connectivity index (χ4n) is 6.83. The largest absolute Gasteiger partial charge is 0.457 e. The van der Waals surface area contributed by atoms with Gasteiger partial charge in [-0.25, -0.2) is 4.18 Å². The van der Waals surface area contributed by atoms with E-state index >= 15 is 0 Å². The van der Waals surface area contributed by atoms with Gasteiger partial charge in [0.05, 0.1) is 19.8 Å².